The van der Waals surface area contributed by atoms with Gasteiger partial charge in [0.2, 0.25) is 0 Å². The Morgan fingerprint density at radius 2 is 2.04 bits per heavy atom. The van der Waals surface area contributed by atoms with Crippen molar-refractivity contribution in [1.82, 2.24) is 5.32 Å². The van der Waals surface area contributed by atoms with Gasteiger partial charge in [-0.15, -0.1) is 0 Å². The summed E-state index contributed by atoms with van der Waals surface area (Å²) in [6.45, 7) is 1.37. The molecule has 1 atom stereocenters. The van der Waals surface area contributed by atoms with E-state index in [-0.39, 0.29) is 24.3 Å². The molecule has 0 unspecified atom stereocenters. The van der Waals surface area contributed by atoms with Crippen molar-refractivity contribution in [3.05, 3.63) is 63.6 Å². The highest BCUT2D eigenvalue weighted by molar-refractivity contribution is 9.10. The first-order valence-corrected chi connectivity index (χ1v) is 9.14. The van der Waals surface area contributed by atoms with E-state index in [0.29, 0.717) is 11.3 Å². The predicted octanol–water partition coefficient (Wildman–Crippen LogP) is 4.22. The SMILES string of the molecule is CC(=O)c1cc(Br)ccc1OCC(=O)N[C@H]1CCCc2ccccc21. The van der Waals surface area contributed by atoms with Crippen molar-refractivity contribution in [3.8, 4) is 5.75 Å². The van der Waals surface area contributed by atoms with Crippen LogP contribution >= 0.6 is 15.9 Å². The van der Waals surface area contributed by atoms with Crippen molar-refractivity contribution in [2.75, 3.05) is 6.61 Å². The van der Waals surface area contributed by atoms with Gasteiger partial charge in [-0.2, -0.15) is 0 Å². The van der Waals surface area contributed by atoms with Crippen LogP contribution in [0.1, 0.15) is 47.3 Å². The third-order valence-corrected chi connectivity index (χ3v) is 4.88. The van der Waals surface area contributed by atoms with Crippen LogP contribution in [0, 0.1) is 0 Å². The van der Waals surface area contributed by atoms with Crippen LogP contribution in [-0.4, -0.2) is 18.3 Å². The Hall–Kier alpha value is -2.14. The lowest BCUT2D eigenvalue weighted by Crippen LogP contribution is -2.34. The summed E-state index contributed by atoms with van der Waals surface area (Å²) in [6.07, 6.45) is 3.05. The van der Waals surface area contributed by atoms with Crippen LogP contribution in [0.25, 0.3) is 0 Å². The average molecular weight is 402 g/mol. The first-order valence-electron chi connectivity index (χ1n) is 8.35. The molecule has 4 nitrogen and oxygen atoms in total. The largest absolute Gasteiger partial charge is 0.483 e. The molecule has 0 saturated carbocycles. The van der Waals surface area contributed by atoms with Gasteiger partial charge < -0.3 is 10.1 Å². The molecular formula is C20H20BrNO3. The number of hydrogen-bond donors (Lipinski definition) is 1. The van der Waals surface area contributed by atoms with Gasteiger partial charge in [0.1, 0.15) is 5.75 Å². The van der Waals surface area contributed by atoms with E-state index in [1.807, 2.05) is 12.1 Å². The molecule has 0 radical (unpaired) electrons. The Kier molecular flexibility index (Phi) is 5.53. The summed E-state index contributed by atoms with van der Waals surface area (Å²) < 4.78 is 6.39. The molecule has 1 aliphatic carbocycles. The van der Waals surface area contributed by atoms with Gasteiger partial charge in [-0.25, -0.2) is 0 Å². The van der Waals surface area contributed by atoms with E-state index in [1.54, 1.807) is 18.2 Å². The minimum Gasteiger partial charge on any atom is -0.483 e. The second kappa shape index (κ2) is 7.83. The Balaban J connectivity index is 1.64. The number of benzene rings is 2. The summed E-state index contributed by atoms with van der Waals surface area (Å²) in [5.41, 5.74) is 2.95. The molecule has 0 saturated heterocycles. The molecule has 130 valence electrons. The first kappa shape index (κ1) is 17.7. The van der Waals surface area contributed by atoms with E-state index in [2.05, 4.69) is 33.4 Å². The molecule has 2 aromatic rings. The van der Waals surface area contributed by atoms with E-state index in [1.165, 1.54) is 18.1 Å². The van der Waals surface area contributed by atoms with Gasteiger partial charge in [0.05, 0.1) is 11.6 Å². The number of ether oxygens (including phenoxy) is 1. The van der Waals surface area contributed by atoms with Crippen molar-refractivity contribution >= 4 is 27.6 Å². The summed E-state index contributed by atoms with van der Waals surface area (Å²) in [4.78, 5) is 24.0. The number of nitrogens with one attached hydrogen (secondary N) is 1. The third kappa shape index (κ3) is 4.28. The topological polar surface area (TPSA) is 55.4 Å². The lowest BCUT2D eigenvalue weighted by atomic mass is 9.88. The molecule has 25 heavy (non-hydrogen) atoms. The minimum absolute atomic E-state index is 0.0262. The highest BCUT2D eigenvalue weighted by atomic mass is 79.9. The van der Waals surface area contributed by atoms with Crippen molar-refractivity contribution in [3.63, 3.8) is 0 Å². The lowest BCUT2D eigenvalue weighted by Gasteiger charge is -2.26. The van der Waals surface area contributed by atoms with Gasteiger partial charge in [-0.05, 0) is 55.5 Å². The molecule has 0 bridgehead atoms. The normalized spacial score (nSPS) is 16.0. The van der Waals surface area contributed by atoms with Crippen LogP contribution in [0.2, 0.25) is 0 Å². The van der Waals surface area contributed by atoms with Crippen molar-refractivity contribution in [1.29, 1.82) is 0 Å². The highest BCUT2D eigenvalue weighted by Crippen LogP contribution is 2.29. The molecule has 0 fully saturated rings. The number of Topliss-reactive ketones (excluding diaryl/α,β-unsaturated/α-hetero) is 1. The number of fused-ring (bicyclic) bond motifs is 1. The second-order valence-corrected chi connectivity index (χ2v) is 7.11. The van der Waals surface area contributed by atoms with Crippen molar-refractivity contribution in [2.24, 2.45) is 0 Å². The molecule has 5 heteroatoms. The Bertz CT molecular complexity index is 803. The Morgan fingerprint density at radius 3 is 2.84 bits per heavy atom. The lowest BCUT2D eigenvalue weighted by molar-refractivity contribution is -0.124. The van der Waals surface area contributed by atoms with E-state index in [0.717, 1.165) is 23.7 Å². The smallest absolute Gasteiger partial charge is 0.258 e. The molecule has 1 aliphatic rings. The van der Waals surface area contributed by atoms with Gasteiger partial charge in [0.25, 0.3) is 5.91 Å². The van der Waals surface area contributed by atoms with Gasteiger partial charge in [0.15, 0.2) is 12.4 Å². The summed E-state index contributed by atoms with van der Waals surface area (Å²) >= 11 is 3.34. The van der Waals surface area contributed by atoms with Crippen LogP contribution < -0.4 is 10.1 Å². The molecule has 0 spiro atoms. The van der Waals surface area contributed by atoms with Gasteiger partial charge in [0, 0.05) is 4.47 Å². The number of rotatable bonds is 5. The molecule has 3 rings (SSSR count). The predicted molar refractivity (Wildman–Crippen MR) is 99.9 cm³/mol. The number of aryl methyl sites for hydroxylation is 1. The summed E-state index contributed by atoms with van der Waals surface area (Å²) in [5, 5.41) is 3.05. The van der Waals surface area contributed by atoms with Crippen LogP contribution in [-0.2, 0) is 11.2 Å². The number of carbonyl (C=O) groups is 2. The number of carbonyl (C=O) groups excluding carboxylic acids is 2. The van der Waals surface area contributed by atoms with Crippen molar-refractivity contribution < 1.29 is 14.3 Å². The van der Waals surface area contributed by atoms with E-state index >= 15 is 0 Å². The summed E-state index contributed by atoms with van der Waals surface area (Å²) in [7, 11) is 0. The Labute approximate surface area is 155 Å². The van der Waals surface area contributed by atoms with Gasteiger partial charge >= 0.3 is 0 Å². The standard InChI is InChI=1S/C20H20BrNO3/c1-13(23)17-11-15(21)9-10-19(17)25-12-20(24)22-18-8-4-6-14-5-2-3-7-16(14)18/h2-3,5,7,9-11,18H,4,6,8,12H2,1H3,(H,22,24)/t18-/m0/s1. The van der Waals surface area contributed by atoms with Crippen LogP contribution in [0.15, 0.2) is 46.9 Å². The molecule has 0 heterocycles. The maximum absolute atomic E-state index is 12.3. The molecule has 2 aromatic carbocycles. The molecule has 0 aliphatic heterocycles. The Morgan fingerprint density at radius 1 is 1.24 bits per heavy atom. The summed E-state index contributed by atoms with van der Waals surface area (Å²) in [6, 6.07) is 13.4. The molecular weight excluding hydrogens is 382 g/mol. The zero-order chi connectivity index (χ0) is 17.8. The highest BCUT2D eigenvalue weighted by Gasteiger charge is 2.21. The number of amides is 1. The third-order valence-electron chi connectivity index (χ3n) is 4.38. The summed E-state index contributed by atoms with van der Waals surface area (Å²) in [5.74, 6) is 0.145. The molecule has 0 aromatic heterocycles. The number of hydrogen-bond acceptors (Lipinski definition) is 3. The monoisotopic (exact) mass is 401 g/mol. The zero-order valence-corrected chi connectivity index (χ0v) is 15.6. The average Bonchev–Trinajstić information content (AvgIpc) is 2.61. The maximum atomic E-state index is 12.3. The maximum Gasteiger partial charge on any atom is 0.258 e. The second-order valence-electron chi connectivity index (χ2n) is 6.20. The number of halogens is 1. The van der Waals surface area contributed by atoms with Gasteiger partial charge in [-0.3, -0.25) is 9.59 Å². The van der Waals surface area contributed by atoms with E-state index in [9.17, 15) is 9.59 Å². The molecule has 1 N–H and O–H groups in total. The van der Waals surface area contributed by atoms with Crippen LogP contribution in [0.3, 0.4) is 0 Å². The fourth-order valence-electron chi connectivity index (χ4n) is 3.19. The first-order chi connectivity index (χ1) is 12.0. The minimum atomic E-state index is -0.181. The zero-order valence-electron chi connectivity index (χ0n) is 14.0. The van der Waals surface area contributed by atoms with E-state index in [4.69, 9.17) is 4.74 Å². The van der Waals surface area contributed by atoms with Gasteiger partial charge in [-0.1, -0.05) is 40.2 Å². The number of ketones is 1. The van der Waals surface area contributed by atoms with Crippen LogP contribution in [0.5, 0.6) is 5.75 Å². The van der Waals surface area contributed by atoms with Crippen LogP contribution in [0.4, 0.5) is 0 Å². The van der Waals surface area contributed by atoms with E-state index < -0.39 is 0 Å². The quantitative estimate of drug-likeness (QED) is 0.762. The van der Waals surface area contributed by atoms with Crippen molar-refractivity contribution in [2.45, 2.75) is 32.2 Å². The fourth-order valence-corrected chi connectivity index (χ4v) is 3.55. The molecule has 1 amide bonds. The fraction of sp³-hybridized carbons (Fsp3) is 0.300.